The van der Waals surface area contributed by atoms with E-state index in [1.807, 2.05) is 0 Å². The summed E-state index contributed by atoms with van der Waals surface area (Å²) in [5, 5.41) is 5.58. The van der Waals surface area contributed by atoms with Gasteiger partial charge >= 0.3 is 0 Å². The molecule has 2 aromatic carbocycles. The van der Waals surface area contributed by atoms with Gasteiger partial charge in [-0.3, -0.25) is 9.59 Å². The molecule has 0 bridgehead atoms. The van der Waals surface area contributed by atoms with Crippen LogP contribution in [-0.4, -0.2) is 26.0 Å². The van der Waals surface area contributed by atoms with E-state index in [-0.39, 0.29) is 24.8 Å². The number of methoxy groups -OCH3 is 2. The molecule has 0 saturated heterocycles. The number of ether oxygens (including phenoxy) is 2. The first kappa shape index (κ1) is 20.0. The van der Waals surface area contributed by atoms with E-state index < -0.39 is 0 Å². The molecule has 7 heteroatoms. The van der Waals surface area contributed by atoms with Gasteiger partial charge in [0.25, 0.3) is 5.91 Å². The number of nitrogens with one attached hydrogen (secondary N) is 2. The number of furan rings is 1. The van der Waals surface area contributed by atoms with E-state index in [0.717, 1.165) is 5.56 Å². The van der Waals surface area contributed by atoms with Crippen LogP contribution < -0.4 is 20.1 Å². The first-order valence-electron chi connectivity index (χ1n) is 9.01. The van der Waals surface area contributed by atoms with Crippen LogP contribution in [0.25, 0.3) is 0 Å². The van der Waals surface area contributed by atoms with Crippen LogP contribution in [0.4, 0.5) is 5.69 Å². The number of hydrogen-bond acceptors (Lipinski definition) is 5. The molecule has 0 aliphatic heterocycles. The highest BCUT2D eigenvalue weighted by atomic mass is 16.5. The third-order valence-corrected chi connectivity index (χ3v) is 4.26. The molecular formula is C22H22N2O5. The molecule has 2 N–H and O–H groups in total. The molecule has 29 heavy (non-hydrogen) atoms. The van der Waals surface area contributed by atoms with Crippen LogP contribution in [0.5, 0.6) is 11.5 Å². The normalized spacial score (nSPS) is 10.3. The summed E-state index contributed by atoms with van der Waals surface area (Å²) in [4.78, 5) is 25.0. The van der Waals surface area contributed by atoms with Gasteiger partial charge in [0, 0.05) is 0 Å². The second kappa shape index (κ2) is 9.45. The molecule has 3 rings (SSSR count). The van der Waals surface area contributed by atoms with Crippen molar-refractivity contribution < 1.29 is 23.5 Å². The zero-order chi connectivity index (χ0) is 20.6. The molecule has 1 heterocycles. The average Bonchev–Trinajstić information content (AvgIpc) is 3.26. The Morgan fingerprint density at radius 3 is 2.48 bits per heavy atom. The third kappa shape index (κ3) is 5.16. The van der Waals surface area contributed by atoms with Gasteiger partial charge in [0.2, 0.25) is 5.91 Å². The summed E-state index contributed by atoms with van der Waals surface area (Å²) in [5.41, 5.74) is 1.58. The minimum Gasteiger partial charge on any atom is -0.493 e. The molecule has 0 aliphatic rings. The second-order valence-electron chi connectivity index (χ2n) is 6.22. The Kier molecular flexibility index (Phi) is 6.52. The lowest BCUT2D eigenvalue weighted by molar-refractivity contribution is -0.115. The summed E-state index contributed by atoms with van der Waals surface area (Å²) in [6.45, 7) is 0.264. The highest BCUT2D eigenvalue weighted by molar-refractivity contribution is 6.04. The predicted molar refractivity (Wildman–Crippen MR) is 108 cm³/mol. The summed E-state index contributed by atoms with van der Waals surface area (Å²) in [5.74, 6) is 1.24. The number of carbonyl (C=O) groups excluding carboxylic acids is 2. The smallest absolute Gasteiger partial charge is 0.253 e. The van der Waals surface area contributed by atoms with Crippen LogP contribution in [0.3, 0.4) is 0 Å². The van der Waals surface area contributed by atoms with Gasteiger partial charge in [-0.05, 0) is 42.0 Å². The lowest BCUT2D eigenvalue weighted by Gasteiger charge is -2.12. The predicted octanol–water partition coefficient (Wildman–Crippen LogP) is 3.41. The van der Waals surface area contributed by atoms with Gasteiger partial charge in [0.1, 0.15) is 5.76 Å². The molecule has 7 nitrogen and oxygen atoms in total. The van der Waals surface area contributed by atoms with Crippen molar-refractivity contribution in [2.45, 2.75) is 13.0 Å². The molecule has 0 fully saturated rings. The Hall–Kier alpha value is -3.74. The fourth-order valence-corrected chi connectivity index (χ4v) is 2.84. The molecule has 0 atom stereocenters. The minimum atomic E-state index is -0.302. The number of para-hydroxylation sites is 1. The summed E-state index contributed by atoms with van der Waals surface area (Å²) < 4.78 is 15.7. The first-order valence-corrected chi connectivity index (χ1v) is 9.01. The zero-order valence-corrected chi connectivity index (χ0v) is 16.2. The van der Waals surface area contributed by atoms with Gasteiger partial charge in [-0.15, -0.1) is 0 Å². The van der Waals surface area contributed by atoms with Gasteiger partial charge in [0.15, 0.2) is 11.5 Å². The van der Waals surface area contributed by atoms with Crippen molar-refractivity contribution in [2.75, 3.05) is 19.5 Å². The summed E-state index contributed by atoms with van der Waals surface area (Å²) in [6.07, 6.45) is 1.67. The highest BCUT2D eigenvalue weighted by Gasteiger charge is 2.14. The number of anilines is 1. The number of amides is 2. The maximum Gasteiger partial charge on any atom is 0.253 e. The van der Waals surface area contributed by atoms with E-state index in [1.165, 1.54) is 0 Å². The lowest BCUT2D eigenvalue weighted by Crippen LogP contribution is -2.25. The molecule has 0 aliphatic carbocycles. The molecular weight excluding hydrogens is 372 g/mol. The van der Waals surface area contributed by atoms with Gasteiger partial charge in [-0.1, -0.05) is 18.2 Å². The Morgan fingerprint density at radius 1 is 0.966 bits per heavy atom. The fourth-order valence-electron chi connectivity index (χ4n) is 2.84. The van der Waals surface area contributed by atoms with Crippen molar-refractivity contribution in [2.24, 2.45) is 0 Å². The summed E-state index contributed by atoms with van der Waals surface area (Å²) in [6, 6.07) is 15.7. The molecule has 150 valence electrons. The van der Waals surface area contributed by atoms with E-state index in [2.05, 4.69) is 10.6 Å². The standard InChI is InChI=1S/C22H22N2O5/c1-27-19-10-9-15(12-20(19)28-2)13-21(25)24-18-8-4-3-7-17(18)22(26)23-14-16-6-5-11-29-16/h3-12H,13-14H2,1-2H3,(H,23,26)(H,24,25). The van der Waals surface area contributed by atoms with E-state index in [9.17, 15) is 9.59 Å². The maximum absolute atomic E-state index is 12.5. The van der Waals surface area contributed by atoms with Crippen molar-refractivity contribution in [1.82, 2.24) is 5.32 Å². The molecule has 0 spiro atoms. The van der Waals surface area contributed by atoms with E-state index in [4.69, 9.17) is 13.9 Å². The van der Waals surface area contributed by atoms with Crippen LogP contribution in [0.15, 0.2) is 65.3 Å². The SMILES string of the molecule is COc1ccc(CC(=O)Nc2ccccc2C(=O)NCc2ccco2)cc1OC. The Balaban J connectivity index is 1.67. The van der Waals surface area contributed by atoms with Crippen molar-refractivity contribution >= 4 is 17.5 Å². The van der Waals surface area contributed by atoms with Crippen LogP contribution >= 0.6 is 0 Å². The lowest BCUT2D eigenvalue weighted by atomic mass is 10.1. The minimum absolute atomic E-state index is 0.128. The second-order valence-corrected chi connectivity index (χ2v) is 6.22. The average molecular weight is 394 g/mol. The van der Waals surface area contributed by atoms with Gasteiger partial charge in [-0.2, -0.15) is 0 Å². The number of hydrogen-bond donors (Lipinski definition) is 2. The van der Waals surface area contributed by atoms with Crippen LogP contribution in [-0.2, 0) is 17.8 Å². The monoisotopic (exact) mass is 394 g/mol. The zero-order valence-electron chi connectivity index (χ0n) is 16.2. The Morgan fingerprint density at radius 2 is 1.76 bits per heavy atom. The van der Waals surface area contributed by atoms with E-state index in [0.29, 0.717) is 28.5 Å². The topological polar surface area (TPSA) is 89.8 Å². The molecule has 3 aromatic rings. The fraction of sp³-hybridized carbons (Fsp3) is 0.182. The Bertz CT molecular complexity index is 983. The van der Waals surface area contributed by atoms with Gasteiger partial charge in [-0.25, -0.2) is 0 Å². The van der Waals surface area contributed by atoms with Crippen molar-refractivity contribution in [3.63, 3.8) is 0 Å². The number of rotatable bonds is 8. The van der Waals surface area contributed by atoms with Gasteiger partial charge in [0.05, 0.1) is 44.7 Å². The maximum atomic E-state index is 12.5. The quantitative estimate of drug-likeness (QED) is 0.611. The van der Waals surface area contributed by atoms with Crippen molar-refractivity contribution in [1.29, 1.82) is 0 Å². The highest BCUT2D eigenvalue weighted by Crippen LogP contribution is 2.28. The van der Waals surface area contributed by atoms with E-state index in [1.54, 1.807) is 75.1 Å². The molecule has 2 amide bonds. The van der Waals surface area contributed by atoms with Crippen molar-refractivity contribution in [3.8, 4) is 11.5 Å². The third-order valence-electron chi connectivity index (χ3n) is 4.26. The molecule has 0 radical (unpaired) electrons. The molecule has 1 aromatic heterocycles. The van der Waals surface area contributed by atoms with Crippen LogP contribution in [0.1, 0.15) is 21.7 Å². The van der Waals surface area contributed by atoms with Crippen LogP contribution in [0, 0.1) is 0 Å². The first-order chi connectivity index (χ1) is 14.1. The summed E-state index contributed by atoms with van der Waals surface area (Å²) in [7, 11) is 3.09. The Labute approximate surface area is 168 Å². The van der Waals surface area contributed by atoms with Crippen LogP contribution in [0.2, 0.25) is 0 Å². The molecule has 0 unspecified atom stereocenters. The largest absolute Gasteiger partial charge is 0.493 e. The summed E-state index contributed by atoms with van der Waals surface area (Å²) >= 11 is 0. The van der Waals surface area contributed by atoms with Gasteiger partial charge < -0.3 is 24.5 Å². The number of benzene rings is 2. The van der Waals surface area contributed by atoms with Crippen molar-refractivity contribution in [3.05, 3.63) is 77.7 Å². The number of carbonyl (C=O) groups is 2. The van der Waals surface area contributed by atoms with E-state index >= 15 is 0 Å². The molecule has 0 saturated carbocycles.